The Morgan fingerprint density at radius 1 is 1.64 bits per heavy atom. The van der Waals surface area contributed by atoms with Gasteiger partial charge in [0.2, 0.25) is 0 Å². The fourth-order valence-electron chi connectivity index (χ4n) is 1.04. The van der Waals surface area contributed by atoms with E-state index in [1.54, 1.807) is 0 Å². The van der Waals surface area contributed by atoms with Gasteiger partial charge in [0.05, 0.1) is 23.0 Å². The first kappa shape index (κ1) is 10.4. The van der Waals surface area contributed by atoms with E-state index in [1.165, 1.54) is 12.2 Å². The Morgan fingerprint density at radius 2 is 2.29 bits per heavy atom. The highest BCUT2D eigenvalue weighted by Crippen LogP contribution is 2.34. The van der Waals surface area contributed by atoms with E-state index in [0.29, 0.717) is 0 Å². The molecule has 0 aromatic carbocycles. The van der Waals surface area contributed by atoms with Crippen LogP contribution < -0.4 is 0 Å². The number of hydrogen-bond donors (Lipinski definition) is 0. The van der Waals surface area contributed by atoms with Crippen LogP contribution in [0.3, 0.4) is 0 Å². The standard InChI is InChI=1S/C8H4BrN3O2/c9-8(5-11)3-7(12(13)14)2-1-6(8)4-10/h1-3,6H. The lowest BCUT2D eigenvalue weighted by Crippen LogP contribution is -2.28. The molecule has 0 bridgehead atoms. The maximum absolute atomic E-state index is 10.4. The van der Waals surface area contributed by atoms with Gasteiger partial charge in [-0.15, -0.1) is 0 Å². The number of alkyl halides is 1. The number of allylic oxidation sites excluding steroid dienone is 3. The average Bonchev–Trinajstić information content (AvgIpc) is 2.17. The van der Waals surface area contributed by atoms with Crippen LogP contribution in [0, 0.1) is 38.7 Å². The first-order valence-corrected chi connectivity index (χ1v) is 4.38. The summed E-state index contributed by atoms with van der Waals surface area (Å²) in [7, 11) is 0. The van der Waals surface area contributed by atoms with Crippen LogP contribution in [0.4, 0.5) is 0 Å². The quantitative estimate of drug-likeness (QED) is 0.403. The van der Waals surface area contributed by atoms with Gasteiger partial charge in [0.1, 0.15) is 0 Å². The average molecular weight is 254 g/mol. The topological polar surface area (TPSA) is 90.7 Å². The number of halogens is 1. The van der Waals surface area contributed by atoms with E-state index in [0.717, 1.165) is 6.08 Å². The van der Waals surface area contributed by atoms with Crippen molar-refractivity contribution in [1.29, 1.82) is 10.5 Å². The Kier molecular flexibility index (Phi) is 2.68. The molecule has 2 unspecified atom stereocenters. The Balaban J connectivity index is 3.16. The van der Waals surface area contributed by atoms with Crippen LogP contribution in [0.1, 0.15) is 0 Å². The van der Waals surface area contributed by atoms with Crippen molar-refractivity contribution in [2.45, 2.75) is 4.32 Å². The fraction of sp³-hybridized carbons (Fsp3) is 0.250. The number of rotatable bonds is 1. The minimum atomic E-state index is -1.29. The smallest absolute Gasteiger partial charge is 0.258 e. The highest BCUT2D eigenvalue weighted by Gasteiger charge is 2.38. The summed E-state index contributed by atoms with van der Waals surface area (Å²) in [5.41, 5.74) is -0.185. The lowest BCUT2D eigenvalue weighted by Gasteiger charge is -2.20. The molecule has 2 atom stereocenters. The summed E-state index contributed by atoms with van der Waals surface area (Å²) in [5.74, 6) is -0.712. The largest absolute Gasteiger partial charge is 0.267 e. The van der Waals surface area contributed by atoms with E-state index >= 15 is 0 Å². The fourth-order valence-corrected chi connectivity index (χ4v) is 1.53. The van der Waals surface area contributed by atoms with Gasteiger partial charge >= 0.3 is 0 Å². The van der Waals surface area contributed by atoms with E-state index in [1.807, 2.05) is 12.1 Å². The minimum Gasteiger partial charge on any atom is -0.258 e. The van der Waals surface area contributed by atoms with Gasteiger partial charge in [-0.05, 0) is 0 Å². The second kappa shape index (κ2) is 3.60. The van der Waals surface area contributed by atoms with Gasteiger partial charge in [-0.3, -0.25) is 10.1 Å². The Bertz CT molecular complexity index is 415. The zero-order valence-corrected chi connectivity index (χ0v) is 8.43. The monoisotopic (exact) mass is 253 g/mol. The molecule has 0 amide bonds. The van der Waals surface area contributed by atoms with Crippen molar-refractivity contribution in [3.8, 4) is 12.1 Å². The van der Waals surface area contributed by atoms with Gasteiger partial charge in [-0.2, -0.15) is 10.5 Å². The molecule has 1 aliphatic carbocycles. The summed E-state index contributed by atoms with van der Waals surface area (Å²) in [5, 5.41) is 27.9. The molecule has 0 saturated carbocycles. The van der Waals surface area contributed by atoms with Crippen molar-refractivity contribution < 1.29 is 4.92 Å². The van der Waals surface area contributed by atoms with Crippen molar-refractivity contribution in [3.63, 3.8) is 0 Å². The number of hydrogen-bond acceptors (Lipinski definition) is 4. The van der Waals surface area contributed by atoms with E-state index in [2.05, 4.69) is 15.9 Å². The molecule has 5 nitrogen and oxygen atoms in total. The highest BCUT2D eigenvalue weighted by molar-refractivity contribution is 9.10. The highest BCUT2D eigenvalue weighted by atomic mass is 79.9. The third kappa shape index (κ3) is 1.66. The molecule has 1 rings (SSSR count). The minimum absolute atomic E-state index is 0.185. The molecule has 0 N–H and O–H groups in total. The zero-order valence-electron chi connectivity index (χ0n) is 6.85. The zero-order chi connectivity index (χ0) is 10.8. The molecule has 0 saturated heterocycles. The molecule has 0 aromatic heterocycles. The predicted octanol–water partition coefficient (Wildman–Crippen LogP) is 1.51. The SMILES string of the molecule is N#CC1C=CC([N+](=O)[O-])=CC1(Br)C#N. The molecular weight excluding hydrogens is 250 g/mol. The molecule has 0 heterocycles. The second-order valence-corrected chi connectivity index (χ2v) is 3.98. The summed E-state index contributed by atoms with van der Waals surface area (Å²) in [6.45, 7) is 0. The van der Waals surface area contributed by atoms with Crippen LogP contribution in [-0.4, -0.2) is 9.25 Å². The van der Waals surface area contributed by atoms with E-state index in [9.17, 15) is 10.1 Å². The Labute approximate surface area is 88.2 Å². The van der Waals surface area contributed by atoms with Crippen LogP contribution in [0.2, 0.25) is 0 Å². The molecule has 0 fully saturated rings. The molecule has 14 heavy (non-hydrogen) atoms. The molecule has 0 radical (unpaired) electrons. The molecule has 0 aliphatic heterocycles. The van der Waals surface area contributed by atoms with Crippen molar-refractivity contribution >= 4 is 15.9 Å². The van der Waals surface area contributed by atoms with Crippen LogP contribution in [-0.2, 0) is 0 Å². The lowest BCUT2D eigenvalue weighted by molar-refractivity contribution is -0.419. The van der Waals surface area contributed by atoms with Gasteiger partial charge in [-0.25, -0.2) is 0 Å². The lowest BCUT2D eigenvalue weighted by atomic mass is 9.89. The predicted molar refractivity (Wildman–Crippen MR) is 50.6 cm³/mol. The van der Waals surface area contributed by atoms with Crippen LogP contribution in [0.25, 0.3) is 0 Å². The summed E-state index contributed by atoms with van der Waals surface area (Å²) in [6, 6.07) is 3.71. The van der Waals surface area contributed by atoms with E-state index < -0.39 is 15.2 Å². The summed E-state index contributed by atoms with van der Waals surface area (Å²) < 4.78 is -1.29. The Hall–Kier alpha value is -1.66. The van der Waals surface area contributed by atoms with Crippen molar-refractivity contribution in [2.24, 2.45) is 5.92 Å². The third-order valence-electron chi connectivity index (χ3n) is 1.79. The van der Waals surface area contributed by atoms with Gasteiger partial charge < -0.3 is 0 Å². The molecule has 70 valence electrons. The normalized spacial score (nSPS) is 29.9. The summed E-state index contributed by atoms with van der Waals surface area (Å²) in [6.07, 6.45) is 3.71. The van der Waals surface area contributed by atoms with Crippen molar-refractivity contribution in [3.05, 3.63) is 34.0 Å². The number of nitrogens with zero attached hydrogens (tertiary/aromatic N) is 3. The van der Waals surface area contributed by atoms with E-state index in [-0.39, 0.29) is 5.70 Å². The Morgan fingerprint density at radius 3 is 2.71 bits per heavy atom. The van der Waals surface area contributed by atoms with Gasteiger partial charge in [0.25, 0.3) is 5.70 Å². The first-order valence-electron chi connectivity index (χ1n) is 3.58. The summed E-state index contributed by atoms with van der Waals surface area (Å²) >= 11 is 3.01. The molecule has 0 spiro atoms. The maximum Gasteiger partial charge on any atom is 0.267 e. The number of nitriles is 2. The first-order chi connectivity index (χ1) is 6.53. The maximum atomic E-state index is 10.4. The van der Waals surface area contributed by atoms with Gasteiger partial charge in [-0.1, -0.05) is 22.0 Å². The third-order valence-corrected chi connectivity index (χ3v) is 2.69. The van der Waals surface area contributed by atoms with Crippen molar-refractivity contribution in [1.82, 2.24) is 0 Å². The van der Waals surface area contributed by atoms with E-state index in [4.69, 9.17) is 10.5 Å². The number of nitro groups is 1. The van der Waals surface area contributed by atoms with Gasteiger partial charge in [0, 0.05) is 12.2 Å². The molecule has 1 aliphatic rings. The molecule has 6 heteroatoms. The second-order valence-electron chi connectivity index (χ2n) is 2.67. The summed E-state index contributed by atoms with van der Waals surface area (Å²) in [4.78, 5) is 9.83. The van der Waals surface area contributed by atoms with Crippen LogP contribution in [0.5, 0.6) is 0 Å². The molecule has 0 aromatic rings. The van der Waals surface area contributed by atoms with Crippen molar-refractivity contribution in [2.75, 3.05) is 0 Å². The molecular formula is C8H4BrN3O2. The van der Waals surface area contributed by atoms with Crippen LogP contribution in [0.15, 0.2) is 23.9 Å². The van der Waals surface area contributed by atoms with Crippen LogP contribution >= 0.6 is 15.9 Å². The van der Waals surface area contributed by atoms with Gasteiger partial charge in [0.15, 0.2) is 4.32 Å².